The molecule has 0 heterocycles. The van der Waals surface area contributed by atoms with Gasteiger partial charge in [-0.15, -0.1) is 0 Å². The number of rotatable bonds is 2. The quantitative estimate of drug-likeness (QED) is 0.753. The summed E-state index contributed by atoms with van der Waals surface area (Å²) in [7, 11) is 1.88. The lowest BCUT2D eigenvalue weighted by Gasteiger charge is -2.06. The van der Waals surface area contributed by atoms with E-state index in [1.807, 2.05) is 43.4 Å². The minimum Gasteiger partial charge on any atom is -0.388 e. The molecule has 0 unspecified atom stereocenters. The highest BCUT2D eigenvalue weighted by molar-refractivity contribution is 6.02. The maximum absolute atomic E-state index is 11.3. The number of Topliss-reactive ketones (excluding diaryl/α,β-unsaturated/α-hetero) is 1. The average Bonchev–Trinajstić information content (AvgIpc) is 2.27. The first-order valence-corrected chi connectivity index (χ1v) is 4.94. The molecule has 0 saturated carbocycles. The molecule has 0 aliphatic carbocycles. The molecule has 2 nitrogen and oxygen atoms in total. The van der Waals surface area contributed by atoms with Gasteiger partial charge in [0.05, 0.1) is 0 Å². The van der Waals surface area contributed by atoms with Crippen LogP contribution in [0.1, 0.15) is 17.3 Å². The fourth-order valence-corrected chi connectivity index (χ4v) is 1.71. The van der Waals surface area contributed by atoms with E-state index in [0.717, 1.165) is 22.0 Å². The van der Waals surface area contributed by atoms with Gasteiger partial charge >= 0.3 is 0 Å². The minimum atomic E-state index is 0.0998. The first-order valence-electron chi connectivity index (χ1n) is 4.94. The lowest BCUT2D eigenvalue weighted by molar-refractivity contribution is 0.101. The Morgan fingerprint density at radius 2 is 2.00 bits per heavy atom. The van der Waals surface area contributed by atoms with E-state index in [-0.39, 0.29) is 5.78 Å². The number of ketones is 1. The predicted molar refractivity (Wildman–Crippen MR) is 63.5 cm³/mol. The third-order valence-electron chi connectivity index (χ3n) is 2.56. The number of anilines is 1. The van der Waals surface area contributed by atoms with Crippen molar-refractivity contribution in [3.8, 4) is 0 Å². The summed E-state index contributed by atoms with van der Waals surface area (Å²) in [6.45, 7) is 1.59. The second-order valence-corrected chi connectivity index (χ2v) is 3.55. The van der Waals surface area contributed by atoms with E-state index in [9.17, 15) is 4.79 Å². The summed E-state index contributed by atoms with van der Waals surface area (Å²) in [5.41, 5.74) is 1.81. The summed E-state index contributed by atoms with van der Waals surface area (Å²) in [6, 6.07) is 11.8. The second-order valence-electron chi connectivity index (χ2n) is 3.55. The SMILES string of the molecule is CNc1cccc2ccc(C(C)=O)cc12. The van der Waals surface area contributed by atoms with Crippen molar-refractivity contribution >= 4 is 22.2 Å². The Kier molecular flexibility index (Phi) is 2.42. The van der Waals surface area contributed by atoms with Crippen LogP contribution in [-0.4, -0.2) is 12.8 Å². The van der Waals surface area contributed by atoms with Gasteiger partial charge in [-0.25, -0.2) is 0 Å². The number of nitrogens with one attached hydrogen (secondary N) is 1. The van der Waals surface area contributed by atoms with Crippen molar-refractivity contribution in [1.82, 2.24) is 0 Å². The Morgan fingerprint density at radius 1 is 1.20 bits per heavy atom. The van der Waals surface area contributed by atoms with Gasteiger partial charge in [-0.1, -0.05) is 24.3 Å². The lowest BCUT2D eigenvalue weighted by Crippen LogP contribution is -1.94. The van der Waals surface area contributed by atoms with Crippen LogP contribution in [0.5, 0.6) is 0 Å². The van der Waals surface area contributed by atoms with Crippen molar-refractivity contribution in [1.29, 1.82) is 0 Å². The fourth-order valence-electron chi connectivity index (χ4n) is 1.71. The smallest absolute Gasteiger partial charge is 0.159 e. The topological polar surface area (TPSA) is 29.1 Å². The molecule has 2 aromatic rings. The fraction of sp³-hybridized carbons (Fsp3) is 0.154. The molecule has 0 fully saturated rings. The predicted octanol–water partition coefficient (Wildman–Crippen LogP) is 3.08. The zero-order valence-electron chi connectivity index (χ0n) is 8.87. The largest absolute Gasteiger partial charge is 0.388 e. The number of carbonyl (C=O) groups is 1. The van der Waals surface area contributed by atoms with Crippen LogP contribution in [-0.2, 0) is 0 Å². The van der Waals surface area contributed by atoms with Crippen molar-refractivity contribution < 1.29 is 4.79 Å². The molecule has 0 atom stereocenters. The first-order chi connectivity index (χ1) is 7.22. The molecule has 0 aliphatic rings. The molecule has 15 heavy (non-hydrogen) atoms. The molecule has 2 heteroatoms. The molecule has 0 spiro atoms. The third-order valence-corrected chi connectivity index (χ3v) is 2.56. The Hall–Kier alpha value is -1.83. The van der Waals surface area contributed by atoms with E-state index in [1.54, 1.807) is 6.92 Å². The molecule has 1 N–H and O–H groups in total. The van der Waals surface area contributed by atoms with Gasteiger partial charge in [0, 0.05) is 23.7 Å². The molecule has 0 bridgehead atoms. The van der Waals surface area contributed by atoms with E-state index in [2.05, 4.69) is 5.32 Å². The Bertz CT molecular complexity index is 517. The molecule has 76 valence electrons. The van der Waals surface area contributed by atoms with Crippen LogP contribution in [0.2, 0.25) is 0 Å². The molecule has 0 radical (unpaired) electrons. The Morgan fingerprint density at radius 3 is 2.67 bits per heavy atom. The number of carbonyl (C=O) groups excluding carboxylic acids is 1. The van der Waals surface area contributed by atoms with Crippen LogP contribution in [0.25, 0.3) is 10.8 Å². The van der Waals surface area contributed by atoms with Crippen molar-refractivity contribution in [2.45, 2.75) is 6.92 Å². The van der Waals surface area contributed by atoms with E-state index in [1.165, 1.54) is 0 Å². The first kappa shape index (κ1) is 9.71. The molecule has 2 rings (SSSR count). The van der Waals surface area contributed by atoms with Crippen molar-refractivity contribution in [2.75, 3.05) is 12.4 Å². The molecule has 2 aromatic carbocycles. The number of hydrogen-bond donors (Lipinski definition) is 1. The molecule has 0 saturated heterocycles. The normalized spacial score (nSPS) is 10.3. The summed E-state index contributed by atoms with van der Waals surface area (Å²) < 4.78 is 0. The van der Waals surface area contributed by atoms with E-state index in [4.69, 9.17) is 0 Å². The molecule has 0 amide bonds. The highest BCUT2D eigenvalue weighted by Gasteiger charge is 2.03. The number of benzene rings is 2. The van der Waals surface area contributed by atoms with Gasteiger partial charge in [0.25, 0.3) is 0 Å². The van der Waals surface area contributed by atoms with Crippen LogP contribution < -0.4 is 5.32 Å². The van der Waals surface area contributed by atoms with Crippen LogP contribution in [0.4, 0.5) is 5.69 Å². The van der Waals surface area contributed by atoms with Gasteiger partial charge in [0.15, 0.2) is 5.78 Å². The standard InChI is InChI=1S/C13H13NO/c1-9(15)11-7-6-10-4-3-5-13(14-2)12(10)8-11/h3-8,14H,1-2H3. The van der Waals surface area contributed by atoms with Crippen LogP contribution in [0.15, 0.2) is 36.4 Å². The maximum atomic E-state index is 11.3. The zero-order chi connectivity index (χ0) is 10.8. The van der Waals surface area contributed by atoms with Gasteiger partial charge < -0.3 is 5.32 Å². The molecular formula is C13H13NO. The number of hydrogen-bond acceptors (Lipinski definition) is 2. The van der Waals surface area contributed by atoms with Crippen molar-refractivity contribution in [3.05, 3.63) is 42.0 Å². The average molecular weight is 199 g/mol. The Labute approximate surface area is 88.9 Å². The third kappa shape index (κ3) is 1.71. The molecule has 0 aromatic heterocycles. The van der Waals surface area contributed by atoms with Crippen molar-refractivity contribution in [3.63, 3.8) is 0 Å². The van der Waals surface area contributed by atoms with Crippen LogP contribution >= 0.6 is 0 Å². The lowest BCUT2D eigenvalue weighted by atomic mass is 10.0. The summed E-state index contributed by atoms with van der Waals surface area (Å²) in [6.07, 6.45) is 0. The van der Waals surface area contributed by atoms with Crippen molar-refractivity contribution in [2.24, 2.45) is 0 Å². The zero-order valence-corrected chi connectivity index (χ0v) is 8.87. The van der Waals surface area contributed by atoms with Gasteiger partial charge in [-0.2, -0.15) is 0 Å². The molecular weight excluding hydrogens is 186 g/mol. The maximum Gasteiger partial charge on any atom is 0.159 e. The monoisotopic (exact) mass is 199 g/mol. The van der Waals surface area contributed by atoms with E-state index < -0.39 is 0 Å². The summed E-state index contributed by atoms with van der Waals surface area (Å²) in [4.78, 5) is 11.3. The van der Waals surface area contributed by atoms with Crippen LogP contribution in [0, 0.1) is 0 Å². The van der Waals surface area contributed by atoms with Gasteiger partial charge in [-0.3, -0.25) is 4.79 Å². The van der Waals surface area contributed by atoms with Gasteiger partial charge in [0.2, 0.25) is 0 Å². The van der Waals surface area contributed by atoms with Gasteiger partial charge in [-0.05, 0) is 24.4 Å². The van der Waals surface area contributed by atoms with E-state index >= 15 is 0 Å². The van der Waals surface area contributed by atoms with Gasteiger partial charge in [0.1, 0.15) is 0 Å². The summed E-state index contributed by atoms with van der Waals surface area (Å²) in [5, 5.41) is 5.36. The summed E-state index contributed by atoms with van der Waals surface area (Å²) >= 11 is 0. The number of fused-ring (bicyclic) bond motifs is 1. The highest BCUT2D eigenvalue weighted by Crippen LogP contribution is 2.24. The molecule has 0 aliphatic heterocycles. The second kappa shape index (κ2) is 3.73. The highest BCUT2D eigenvalue weighted by atomic mass is 16.1. The van der Waals surface area contributed by atoms with Crippen LogP contribution in [0.3, 0.4) is 0 Å². The Balaban J connectivity index is 2.72. The minimum absolute atomic E-state index is 0.0998. The van der Waals surface area contributed by atoms with E-state index in [0.29, 0.717) is 0 Å². The summed E-state index contributed by atoms with van der Waals surface area (Å²) in [5.74, 6) is 0.0998.